The number of likely N-dealkylation sites (tertiary alicyclic amines) is 1. The summed E-state index contributed by atoms with van der Waals surface area (Å²) >= 11 is 5.80. The van der Waals surface area contributed by atoms with Crippen LogP contribution in [0.4, 0.5) is 9.18 Å². The molecular weight excluding hydrogens is 319 g/mol. The zero-order valence-corrected chi connectivity index (χ0v) is 14.3. The lowest BCUT2D eigenvalue weighted by Gasteiger charge is -2.33. The standard InChI is InChI=1S/C17H24ClFN2O2/c1-11(2)16(14-4-3-13(18)9-15(14)19)20-17(23)21-7-5-12(10-22)6-8-21/h3-4,9,11-12,16,22H,5-8,10H2,1-2H3,(H,20,23). The molecule has 0 bridgehead atoms. The third kappa shape index (κ3) is 4.58. The number of halogens is 2. The van der Waals surface area contributed by atoms with Gasteiger partial charge < -0.3 is 15.3 Å². The van der Waals surface area contributed by atoms with Crippen LogP contribution in [0.1, 0.15) is 38.3 Å². The second-order valence-electron chi connectivity index (χ2n) is 6.45. The predicted molar refractivity (Wildman–Crippen MR) is 88.9 cm³/mol. The predicted octanol–water partition coefficient (Wildman–Crippen LogP) is 3.59. The molecule has 1 unspecified atom stereocenters. The van der Waals surface area contributed by atoms with Crippen LogP contribution in [0.25, 0.3) is 0 Å². The molecule has 1 fully saturated rings. The molecule has 128 valence electrons. The Balaban J connectivity index is 2.06. The van der Waals surface area contributed by atoms with E-state index >= 15 is 0 Å². The monoisotopic (exact) mass is 342 g/mol. The van der Waals surface area contributed by atoms with Crippen molar-refractivity contribution in [2.75, 3.05) is 19.7 Å². The van der Waals surface area contributed by atoms with Crippen LogP contribution in [0, 0.1) is 17.7 Å². The summed E-state index contributed by atoms with van der Waals surface area (Å²) in [7, 11) is 0. The summed E-state index contributed by atoms with van der Waals surface area (Å²) in [5.41, 5.74) is 0.447. The van der Waals surface area contributed by atoms with Crippen molar-refractivity contribution in [2.45, 2.75) is 32.7 Å². The number of benzene rings is 1. The summed E-state index contributed by atoms with van der Waals surface area (Å²) in [5, 5.41) is 12.4. The first kappa shape index (κ1) is 18.0. The number of nitrogens with zero attached hydrogens (tertiary/aromatic N) is 1. The van der Waals surface area contributed by atoms with Gasteiger partial charge in [-0.1, -0.05) is 31.5 Å². The number of piperidine rings is 1. The quantitative estimate of drug-likeness (QED) is 0.878. The van der Waals surface area contributed by atoms with Gasteiger partial charge in [-0.15, -0.1) is 0 Å². The molecule has 0 aliphatic carbocycles. The summed E-state index contributed by atoms with van der Waals surface area (Å²) < 4.78 is 14.2. The van der Waals surface area contributed by atoms with E-state index in [1.807, 2.05) is 13.8 Å². The summed E-state index contributed by atoms with van der Waals surface area (Å²) in [5.74, 6) is -0.0891. The van der Waals surface area contributed by atoms with E-state index in [2.05, 4.69) is 5.32 Å². The average molecular weight is 343 g/mol. The maximum absolute atomic E-state index is 14.2. The molecule has 2 rings (SSSR count). The average Bonchev–Trinajstić information content (AvgIpc) is 2.53. The number of carbonyl (C=O) groups excluding carboxylic acids is 1. The third-order valence-electron chi connectivity index (χ3n) is 4.40. The molecule has 23 heavy (non-hydrogen) atoms. The molecule has 1 aromatic rings. The Hall–Kier alpha value is -1.33. The zero-order valence-electron chi connectivity index (χ0n) is 13.6. The maximum atomic E-state index is 14.2. The van der Waals surface area contributed by atoms with E-state index in [0.29, 0.717) is 23.7 Å². The minimum absolute atomic E-state index is 0.0459. The lowest BCUT2D eigenvalue weighted by molar-refractivity contribution is 0.134. The van der Waals surface area contributed by atoms with E-state index < -0.39 is 11.9 Å². The van der Waals surface area contributed by atoms with Crippen molar-refractivity contribution >= 4 is 17.6 Å². The molecular formula is C17H24ClFN2O2. The fourth-order valence-corrected chi connectivity index (χ4v) is 3.06. The van der Waals surface area contributed by atoms with Gasteiger partial charge in [-0.05, 0) is 36.8 Å². The van der Waals surface area contributed by atoms with Crippen LogP contribution in [0.3, 0.4) is 0 Å². The largest absolute Gasteiger partial charge is 0.396 e. The van der Waals surface area contributed by atoms with E-state index in [-0.39, 0.29) is 24.5 Å². The van der Waals surface area contributed by atoms with Crippen LogP contribution in [0.15, 0.2) is 18.2 Å². The molecule has 4 nitrogen and oxygen atoms in total. The van der Waals surface area contributed by atoms with Crippen molar-refractivity contribution in [1.29, 1.82) is 0 Å². The first-order chi connectivity index (χ1) is 10.9. The molecule has 2 amide bonds. The van der Waals surface area contributed by atoms with Gasteiger partial charge in [0.05, 0.1) is 6.04 Å². The number of hydrogen-bond donors (Lipinski definition) is 2. The Bertz CT molecular complexity index is 545. The second-order valence-corrected chi connectivity index (χ2v) is 6.89. The van der Waals surface area contributed by atoms with E-state index in [1.165, 1.54) is 6.07 Å². The SMILES string of the molecule is CC(C)C(NC(=O)N1CCC(CO)CC1)c1ccc(Cl)cc1F. The van der Waals surface area contributed by atoms with Gasteiger partial charge in [-0.2, -0.15) is 0 Å². The highest BCUT2D eigenvalue weighted by Gasteiger charge is 2.27. The topological polar surface area (TPSA) is 52.6 Å². The number of hydrogen-bond acceptors (Lipinski definition) is 2. The van der Waals surface area contributed by atoms with Gasteiger partial charge in [0.15, 0.2) is 0 Å². The number of nitrogens with one attached hydrogen (secondary N) is 1. The van der Waals surface area contributed by atoms with Gasteiger partial charge in [-0.3, -0.25) is 0 Å². The van der Waals surface area contributed by atoms with Crippen molar-refractivity contribution in [1.82, 2.24) is 10.2 Å². The molecule has 1 aromatic carbocycles. The molecule has 1 heterocycles. The van der Waals surface area contributed by atoms with Gasteiger partial charge in [0.1, 0.15) is 5.82 Å². The summed E-state index contributed by atoms with van der Waals surface area (Å²) in [6.45, 7) is 5.28. The van der Waals surface area contributed by atoms with Crippen molar-refractivity contribution in [3.05, 3.63) is 34.6 Å². The maximum Gasteiger partial charge on any atom is 0.317 e. The highest BCUT2D eigenvalue weighted by molar-refractivity contribution is 6.30. The van der Waals surface area contributed by atoms with Gasteiger partial charge in [0, 0.05) is 30.3 Å². The lowest BCUT2D eigenvalue weighted by Crippen LogP contribution is -2.46. The summed E-state index contributed by atoms with van der Waals surface area (Å²) in [4.78, 5) is 14.2. The molecule has 0 saturated carbocycles. The summed E-state index contributed by atoms with van der Waals surface area (Å²) in [6.07, 6.45) is 1.59. The van der Waals surface area contributed by atoms with Crippen LogP contribution >= 0.6 is 11.6 Å². The highest BCUT2D eigenvalue weighted by Crippen LogP contribution is 2.27. The fraction of sp³-hybridized carbons (Fsp3) is 0.588. The molecule has 0 aromatic heterocycles. The van der Waals surface area contributed by atoms with Gasteiger partial charge in [0.2, 0.25) is 0 Å². The smallest absolute Gasteiger partial charge is 0.317 e. The second kappa shape index (κ2) is 7.97. The van der Waals surface area contributed by atoms with Gasteiger partial charge in [-0.25, -0.2) is 9.18 Å². The van der Waals surface area contributed by atoms with E-state index in [4.69, 9.17) is 16.7 Å². The van der Waals surface area contributed by atoms with Crippen LogP contribution in [0.2, 0.25) is 5.02 Å². The van der Waals surface area contributed by atoms with Crippen molar-refractivity contribution in [3.63, 3.8) is 0 Å². The summed E-state index contributed by atoms with van der Waals surface area (Å²) in [6, 6.07) is 3.93. The fourth-order valence-electron chi connectivity index (χ4n) is 2.90. The highest BCUT2D eigenvalue weighted by atomic mass is 35.5. The Labute approximate surface area is 141 Å². The first-order valence-electron chi connectivity index (χ1n) is 8.03. The number of rotatable bonds is 4. The molecule has 0 spiro atoms. The van der Waals surface area contributed by atoms with Crippen LogP contribution in [-0.2, 0) is 0 Å². The molecule has 1 aliphatic rings. The van der Waals surface area contributed by atoms with Crippen LogP contribution in [0.5, 0.6) is 0 Å². The molecule has 1 aliphatic heterocycles. The van der Waals surface area contributed by atoms with Gasteiger partial charge >= 0.3 is 6.03 Å². The number of aliphatic hydroxyl groups excluding tert-OH is 1. The lowest BCUT2D eigenvalue weighted by atomic mass is 9.95. The number of amides is 2. The van der Waals surface area contributed by atoms with Gasteiger partial charge in [0.25, 0.3) is 0 Å². The number of urea groups is 1. The van der Waals surface area contributed by atoms with Crippen LogP contribution in [-0.4, -0.2) is 35.7 Å². The molecule has 0 radical (unpaired) electrons. The van der Waals surface area contributed by atoms with Crippen molar-refractivity contribution in [3.8, 4) is 0 Å². The minimum atomic E-state index is -0.407. The van der Waals surface area contributed by atoms with Crippen LogP contribution < -0.4 is 5.32 Å². The molecule has 1 atom stereocenters. The van der Waals surface area contributed by atoms with Crippen molar-refractivity contribution in [2.24, 2.45) is 11.8 Å². The Kier molecular flexibility index (Phi) is 6.25. The Morgan fingerprint density at radius 3 is 2.61 bits per heavy atom. The number of aliphatic hydroxyl groups is 1. The van der Waals surface area contributed by atoms with E-state index in [1.54, 1.807) is 17.0 Å². The molecule has 1 saturated heterocycles. The third-order valence-corrected chi connectivity index (χ3v) is 4.64. The van der Waals surface area contributed by atoms with Crippen molar-refractivity contribution < 1.29 is 14.3 Å². The normalized spacial score (nSPS) is 17.4. The first-order valence-corrected chi connectivity index (χ1v) is 8.41. The minimum Gasteiger partial charge on any atom is -0.396 e. The number of carbonyl (C=O) groups is 1. The molecule has 2 N–H and O–H groups in total. The van der Waals surface area contributed by atoms with E-state index in [0.717, 1.165) is 12.8 Å². The Morgan fingerprint density at radius 1 is 1.43 bits per heavy atom. The molecule has 6 heteroatoms. The van der Waals surface area contributed by atoms with E-state index in [9.17, 15) is 9.18 Å². The zero-order chi connectivity index (χ0) is 17.0. The Morgan fingerprint density at radius 2 is 2.09 bits per heavy atom.